The summed E-state index contributed by atoms with van der Waals surface area (Å²) in [5, 5.41) is 0. The van der Waals surface area contributed by atoms with Crippen LogP contribution < -0.4 is 10.5 Å². The SMILES string of the molecule is COc1cc(CC(F)(F)F)c(F)cc1N. The van der Waals surface area contributed by atoms with E-state index >= 15 is 0 Å². The van der Waals surface area contributed by atoms with Crippen LogP contribution in [0.25, 0.3) is 0 Å². The summed E-state index contributed by atoms with van der Waals surface area (Å²) in [6.07, 6.45) is -5.79. The molecule has 0 fully saturated rings. The Labute approximate surface area is 83.6 Å². The predicted octanol–water partition coefficient (Wildman–Crippen LogP) is 2.52. The molecule has 2 N–H and O–H groups in total. The van der Waals surface area contributed by atoms with Gasteiger partial charge in [-0.2, -0.15) is 13.2 Å². The summed E-state index contributed by atoms with van der Waals surface area (Å²) in [6.45, 7) is 0. The van der Waals surface area contributed by atoms with Gasteiger partial charge in [-0.15, -0.1) is 0 Å². The maximum atomic E-state index is 13.1. The minimum absolute atomic E-state index is 0.0269. The van der Waals surface area contributed by atoms with Crippen LogP contribution in [0.4, 0.5) is 23.2 Å². The van der Waals surface area contributed by atoms with Gasteiger partial charge in [0, 0.05) is 11.6 Å². The number of anilines is 1. The van der Waals surface area contributed by atoms with Crippen molar-refractivity contribution in [3.05, 3.63) is 23.5 Å². The van der Waals surface area contributed by atoms with Crippen molar-refractivity contribution in [2.45, 2.75) is 12.6 Å². The van der Waals surface area contributed by atoms with Gasteiger partial charge in [0.25, 0.3) is 0 Å². The van der Waals surface area contributed by atoms with Crippen molar-refractivity contribution >= 4 is 5.69 Å². The van der Waals surface area contributed by atoms with Gasteiger partial charge in [-0.1, -0.05) is 0 Å². The molecule has 0 atom stereocenters. The zero-order chi connectivity index (χ0) is 11.6. The molecule has 0 unspecified atom stereocenters. The predicted molar refractivity (Wildman–Crippen MR) is 47.1 cm³/mol. The summed E-state index contributed by atoms with van der Waals surface area (Å²) in [7, 11) is 1.25. The van der Waals surface area contributed by atoms with Crippen molar-refractivity contribution in [1.29, 1.82) is 0 Å². The topological polar surface area (TPSA) is 35.2 Å². The van der Waals surface area contributed by atoms with E-state index in [2.05, 4.69) is 0 Å². The number of nitrogen functional groups attached to an aromatic ring is 1. The fraction of sp³-hybridized carbons (Fsp3) is 0.333. The molecule has 6 heteroatoms. The van der Waals surface area contributed by atoms with Crippen molar-refractivity contribution in [1.82, 2.24) is 0 Å². The Morgan fingerprint density at radius 2 is 1.93 bits per heavy atom. The number of nitrogens with two attached hydrogens (primary N) is 1. The molecule has 0 amide bonds. The molecule has 1 aromatic rings. The molecule has 0 spiro atoms. The second-order valence-corrected chi connectivity index (χ2v) is 2.98. The van der Waals surface area contributed by atoms with Crippen LogP contribution in [-0.2, 0) is 6.42 Å². The molecule has 0 saturated carbocycles. The van der Waals surface area contributed by atoms with Crippen molar-refractivity contribution in [2.75, 3.05) is 12.8 Å². The first-order valence-corrected chi connectivity index (χ1v) is 4.02. The second kappa shape index (κ2) is 3.96. The van der Waals surface area contributed by atoms with E-state index in [0.29, 0.717) is 0 Å². The minimum atomic E-state index is -4.46. The van der Waals surface area contributed by atoms with Gasteiger partial charge in [0.2, 0.25) is 0 Å². The Kier molecular flexibility index (Phi) is 3.06. The fourth-order valence-corrected chi connectivity index (χ4v) is 1.14. The maximum absolute atomic E-state index is 13.1. The largest absolute Gasteiger partial charge is 0.495 e. The van der Waals surface area contributed by atoms with Crippen molar-refractivity contribution in [2.24, 2.45) is 0 Å². The molecule has 0 aliphatic rings. The zero-order valence-electron chi connectivity index (χ0n) is 7.86. The third-order valence-electron chi connectivity index (χ3n) is 1.79. The van der Waals surface area contributed by atoms with E-state index in [9.17, 15) is 17.6 Å². The lowest BCUT2D eigenvalue weighted by Gasteiger charge is -2.10. The van der Waals surface area contributed by atoms with Crippen LogP contribution in [0, 0.1) is 5.82 Å². The van der Waals surface area contributed by atoms with E-state index in [0.717, 1.165) is 12.1 Å². The van der Waals surface area contributed by atoms with Crippen LogP contribution >= 0.6 is 0 Å². The lowest BCUT2D eigenvalue weighted by molar-refractivity contribution is -0.127. The number of hydrogen-bond acceptors (Lipinski definition) is 2. The highest BCUT2D eigenvalue weighted by molar-refractivity contribution is 5.54. The molecule has 84 valence electrons. The summed E-state index contributed by atoms with van der Waals surface area (Å²) in [6, 6.07) is 1.78. The van der Waals surface area contributed by atoms with Crippen molar-refractivity contribution in [3.8, 4) is 5.75 Å². The quantitative estimate of drug-likeness (QED) is 0.617. The molecule has 0 radical (unpaired) electrons. The average Bonchev–Trinajstić information content (AvgIpc) is 2.07. The minimum Gasteiger partial charge on any atom is -0.495 e. The van der Waals surface area contributed by atoms with Gasteiger partial charge < -0.3 is 10.5 Å². The van der Waals surface area contributed by atoms with Gasteiger partial charge in [0.15, 0.2) is 0 Å². The smallest absolute Gasteiger partial charge is 0.393 e. The number of alkyl halides is 3. The molecule has 0 bridgehead atoms. The van der Waals surface area contributed by atoms with Gasteiger partial charge in [-0.25, -0.2) is 4.39 Å². The normalized spacial score (nSPS) is 11.5. The van der Waals surface area contributed by atoms with E-state index in [-0.39, 0.29) is 11.4 Å². The molecule has 0 aromatic heterocycles. The summed E-state index contributed by atoms with van der Waals surface area (Å²) in [4.78, 5) is 0. The van der Waals surface area contributed by atoms with E-state index < -0.39 is 24.0 Å². The Morgan fingerprint density at radius 3 is 2.40 bits per heavy atom. The van der Waals surface area contributed by atoms with Crippen LogP contribution in [-0.4, -0.2) is 13.3 Å². The molecule has 1 aromatic carbocycles. The third kappa shape index (κ3) is 3.00. The van der Waals surface area contributed by atoms with Gasteiger partial charge in [-0.3, -0.25) is 0 Å². The first kappa shape index (κ1) is 11.6. The van der Waals surface area contributed by atoms with Gasteiger partial charge >= 0.3 is 6.18 Å². The van der Waals surface area contributed by atoms with E-state index in [1.165, 1.54) is 7.11 Å². The monoisotopic (exact) mass is 223 g/mol. The molecule has 0 saturated heterocycles. The van der Waals surface area contributed by atoms with Crippen LogP contribution in [0.1, 0.15) is 5.56 Å². The highest BCUT2D eigenvalue weighted by atomic mass is 19.4. The number of ether oxygens (including phenoxy) is 1. The first-order chi connectivity index (χ1) is 6.83. The zero-order valence-corrected chi connectivity index (χ0v) is 7.86. The lowest BCUT2D eigenvalue weighted by Crippen LogP contribution is -2.13. The molecular formula is C9H9F4NO. The lowest BCUT2D eigenvalue weighted by atomic mass is 10.1. The van der Waals surface area contributed by atoms with Crippen molar-refractivity contribution < 1.29 is 22.3 Å². The summed E-state index contributed by atoms with van der Waals surface area (Å²) < 4.78 is 53.8. The summed E-state index contributed by atoms with van der Waals surface area (Å²) in [5.74, 6) is -0.943. The highest BCUT2D eigenvalue weighted by Crippen LogP contribution is 2.29. The van der Waals surface area contributed by atoms with Crippen LogP contribution in [0.2, 0.25) is 0 Å². The van der Waals surface area contributed by atoms with Crippen LogP contribution in [0.3, 0.4) is 0 Å². The Morgan fingerprint density at radius 1 is 1.33 bits per heavy atom. The Bertz CT molecular complexity index is 362. The number of hydrogen-bond donors (Lipinski definition) is 1. The van der Waals surface area contributed by atoms with E-state index in [1.807, 2.05) is 0 Å². The van der Waals surface area contributed by atoms with E-state index in [4.69, 9.17) is 10.5 Å². The molecule has 0 heterocycles. The maximum Gasteiger partial charge on any atom is 0.393 e. The second-order valence-electron chi connectivity index (χ2n) is 2.98. The fourth-order valence-electron chi connectivity index (χ4n) is 1.14. The van der Waals surface area contributed by atoms with Crippen LogP contribution in [0.15, 0.2) is 12.1 Å². The third-order valence-corrected chi connectivity index (χ3v) is 1.79. The van der Waals surface area contributed by atoms with E-state index in [1.54, 1.807) is 0 Å². The molecule has 15 heavy (non-hydrogen) atoms. The summed E-state index contributed by atoms with van der Waals surface area (Å²) >= 11 is 0. The molecule has 0 aliphatic heterocycles. The molecule has 2 nitrogen and oxygen atoms in total. The molecular weight excluding hydrogens is 214 g/mol. The summed E-state index contributed by atoms with van der Waals surface area (Å²) in [5.41, 5.74) is 4.81. The number of rotatable bonds is 2. The highest BCUT2D eigenvalue weighted by Gasteiger charge is 2.29. The molecule has 1 rings (SSSR count). The molecule has 0 aliphatic carbocycles. The standard InChI is InChI=1S/C9H9F4NO/c1-15-8-2-5(4-9(11,12)13)6(10)3-7(8)14/h2-3H,4,14H2,1H3. The Balaban J connectivity index is 3.08. The average molecular weight is 223 g/mol. The van der Waals surface area contributed by atoms with Gasteiger partial charge in [0.05, 0.1) is 19.2 Å². The number of halogens is 4. The number of benzene rings is 1. The first-order valence-electron chi connectivity index (χ1n) is 4.02. The Hall–Kier alpha value is -1.46. The van der Waals surface area contributed by atoms with Gasteiger partial charge in [-0.05, 0) is 6.07 Å². The van der Waals surface area contributed by atoms with Crippen molar-refractivity contribution in [3.63, 3.8) is 0 Å². The van der Waals surface area contributed by atoms with Gasteiger partial charge in [0.1, 0.15) is 11.6 Å². The van der Waals surface area contributed by atoms with Crippen LogP contribution in [0.5, 0.6) is 5.75 Å². The number of methoxy groups -OCH3 is 1.